The molecule has 0 aromatic carbocycles. The molecule has 122 valence electrons. The fourth-order valence-corrected chi connectivity index (χ4v) is 2.80. The van der Waals surface area contributed by atoms with Crippen LogP contribution in [0.5, 0.6) is 0 Å². The first-order valence-corrected chi connectivity index (χ1v) is 7.33. The van der Waals surface area contributed by atoms with Crippen molar-refractivity contribution >= 4 is 5.82 Å². The SMILES string of the molecule is Cc1cc(C(F)(F)F)nc(C2CCCN2c2ccnc(C)n2)n1. The number of hydrogen-bond donors (Lipinski definition) is 0. The normalized spacial score (nSPS) is 18.5. The molecule has 2 aromatic rings. The highest BCUT2D eigenvalue weighted by Crippen LogP contribution is 2.35. The Morgan fingerprint density at radius 1 is 1.17 bits per heavy atom. The number of rotatable bonds is 2. The molecule has 23 heavy (non-hydrogen) atoms. The molecule has 1 unspecified atom stereocenters. The molecule has 1 aliphatic rings. The fourth-order valence-electron chi connectivity index (χ4n) is 2.80. The van der Waals surface area contributed by atoms with E-state index >= 15 is 0 Å². The number of nitrogens with zero attached hydrogens (tertiary/aromatic N) is 5. The van der Waals surface area contributed by atoms with Crippen molar-refractivity contribution in [2.75, 3.05) is 11.4 Å². The monoisotopic (exact) mass is 323 g/mol. The molecular formula is C15H16F3N5. The molecule has 0 aliphatic carbocycles. The lowest BCUT2D eigenvalue weighted by atomic mass is 10.2. The summed E-state index contributed by atoms with van der Waals surface area (Å²) in [6.07, 6.45) is -1.28. The smallest absolute Gasteiger partial charge is 0.346 e. The van der Waals surface area contributed by atoms with Crippen LogP contribution in [0, 0.1) is 13.8 Å². The van der Waals surface area contributed by atoms with Gasteiger partial charge in [0.05, 0.1) is 6.04 Å². The van der Waals surface area contributed by atoms with Crippen LogP contribution in [-0.4, -0.2) is 26.5 Å². The average Bonchev–Trinajstić information content (AvgIpc) is 2.95. The molecule has 2 aromatic heterocycles. The number of aryl methyl sites for hydroxylation is 2. The van der Waals surface area contributed by atoms with Gasteiger partial charge in [0, 0.05) is 18.4 Å². The molecule has 0 radical (unpaired) electrons. The molecule has 0 amide bonds. The molecule has 0 N–H and O–H groups in total. The van der Waals surface area contributed by atoms with Crippen LogP contribution >= 0.6 is 0 Å². The minimum atomic E-state index is -4.47. The molecule has 3 heterocycles. The molecular weight excluding hydrogens is 307 g/mol. The topological polar surface area (TPSA) is 54.8 Å². The van der Waals surface area contributed by atoms with E-state index in [9.17, 15) is 13.2 Å². The van der Waals surface area contributed by atoms with Crippen molar-refractivity contribution in [3.05, 3.63) is 41.4 Å². The van der Waals surface area contributed by atoms with Gasteiger partial charge >= 0.3 is 6.18 Å². The van der Waals surface area contributed by atoms with Crippen LogP contribution in [0.25, 0.3) is 0 Å². The van der Waals surface area contributed by atoms with Crippen LogP contribution in [0.3, 0.4) is 0 Å². The number of hydrogen-bond acceptors (Lipinski definition) is 5. The Hall–Kier alpha value is -2.25. The molecule has 0 spiro atoms. The highest BCUT2D eigenvalue weighted by molar-refractivity contribution is 5.41. The Labute approximate surface area is 131 Å². The number of anilines is 1. The van der Waals surface area contributed by atoms with Gasteiger partial charge in [-0.05, 0) is 38.8 Å². The third-order valence-electron chi connectivity index (χ3n) is 3.77. The van der Waals surface area contributed by atoms with Crippen LogP contribution in [0.1, 0.15) is 41.9 Å². The minimum absolute atomic E-state index is 0.200. The summed E-state index contributed by atoms with van der Waals surface area (Å²) >= 11 is 0. The largest absolute Gasteiger partial charge is 0.433 e. The Kier molecular flexibility index (Phi) is 3.91. The maximum atomic E-state index is 13.0. The van der Waals surface area contributed by atoms with Crippen molar-refractivity contribution in [3.8, 4) is 0 Å². The van der Waals surface area contributed by atoms with E-state index in [1.807, 2.05) is 4.90 Å². The lowest BCUT2D eigenvalue weighted by Crippen LogP contribution is -2.26. The highest BCUT2D eigenvalue weighted by atomic mass is 19.4. The Bertz CT molecular complexity index is 716. The Balaban J connectivity index is 1.99. The van der Waals surface area contributed by atoms with Gasteiger partial charge in [-0.15, -0.1) is 0 Å². The first kappa shape index (κ1) is 15.6. The summed E-state index contributed by atoms with van der Waals surface area (Å²) in [6.45, 7) is 4.04. The maximum Gasteiger partial charge on any atom is 0.433 e. The first-order chi connectivity index (χ1) is 10.8. The fraction of sp³-hybridized carbons (Fsp3) is 0.467. The summed E-state index contributed by atoms with van der Waals surface area (Å²) in [5, 5.41) is 0. The van der Waals surface area contributed by atoms with Gasteiger partial charge in [-0.1, -0.05) is 0 Å². The quantitative estimate of drug-likeness (QED) is 0.849. The lowest BCUT2D eigenvalue weighted by molar-refractivity contribution is -0.141. The summed E-state index contributed by atoms with van der Waals surface area (Å²) < 4.78 is 39.0. The van der Waals surface area contributed by atoms with Gasteiger partial charge in [0.2, 0.25) is 0 Å². The van der Waals surface area contributed by atoms with Gasteiger partial charge in [-0.2, -0.15) is 13.2 Å². The summed E-state index contributed by atoms with van der Waals surface area (Å²) in [5.74, 6) is 1.51. The van der Waals surface area contributed by atoms with Gasteiger partial charge in [0.15, 0.2) is 5.82 Å². The first-order valence-electron chi connectivity index (χ1n) is 7.33. The molecule has 8 heteroatoms. The van der Waals surface area contributed by atoms with Crippen LogP contribution in [0.2, 0.25) is 0 Å². The van der Waals surface area contributed by atoms with E-state index in [1.54, 1.807) is 26.1 Å². The van der Waals surface area contributed by atoms with Crippen LogP contribution in [0.4, 0.5) is 19.0 Å². The number of alkyl halides is 3. The summed E-state index contributed by atoms with van der Waals surface area (Å²) in [5.41, 5.74) is -0.584. The third-order valence-corrected chi connectivity index (χ3v) is 3.77. The molecule has 0 bridgehead atoms. The zero-order valence-electron chi connectivity index (χ0n) is 12.8. The predicted octanol–water partition coefficient (Wildman–Crippen LogP) is 3.24. The zero-order chi connectivity index (χ0) is 16.6. The zero-order valence-corrected chi connectivity index (χ0v) is 12.8. The second-order valence-corrected chi connectivity index (χ2v) is 5.56. The van der Waals surface area contributed by atoms with E-state index in [4.69, 9.17) is 0 Å². The third kappa shape index (κ3) is 3.25. The maximum absolute atomic E-state index is 13.0. The van der Waals surface area contributed by atoms with Gasteiger partial charge in [0.1, 0.15) is 17.3 Å². The molecule has 0 saturated carbocycles. The van der Waals surface area contributed by atoms with Crippen molar-refractivity contribution in [1.29, 1.82) is 0 Å². The van der Waals surface area contributed by atoms with Gasteiger partial charge in [-0.25, -0.2) is 19.9 Å². The molecule has 1 aliphatic heterocycles. The van der Waals surface area contributed by atoms with Gasteiger partial charge < -0.3 is 4.90 Å². The molecule has 3 rings (SSSR count). The average molecular weight is 323 g/mol. The Morgan fingerprint density at radius 2 is 1.96 bits per heavy atom. The molecule has 1 fully saturated rings. The van der Waals surface area contributed by atoms with Crippen molar-refractivity contribution in [2.45, 2.75) is 38.9 Å². The van der Waals surface area contributed by atoms with E-state index in [-0.39, 0.29) is 11.9 Å². The number of aromatic nitrogens is 4. The molecule has 5 nitrogen and oxygen atoms in total. The lowest BCUT2D eigenvalue weighted by Gasteiger charge is -2.25. The van der Waals surface area contributed by atoms with E-state index in [2.05, 4.69) is 19.9 Å². The van der Waals surface area contributed by atoms with Gasteiger partial charge in [-0.3, -0.25) is 0 Å². The van der Waals surface area contributed by atoms with E-state index in [1.165, 1.54) is 0 Å². The standard InChI is InChI=1S/C15H16F3N5/c1-9-8-12(15(16,17)18)22-14(20-9)11-4-3-7-23(11)13-5-6-19-10(2)21-13/h5-6,8,11H,3-4,7H2,1-2H3. The van der Waals surface area contributed by atoms with Crippen molar-refractivity contribution < 1.29 is 13.2 Å². The summed E-state index contributed by atoms with van der Waals surface area (Å²) in [7, 11) is 0. The van der Waals surface area contributed by atoms with Crippen LogP contribution in [-0.2, 0) is 6.18 Å². The van der Waals surface area contributed by atoms with Crippen molar-refractivity contribution in [3.63, 3.8) is 0 Å². The number of halogens is 3. The second-order valence-electron chi connectivity index (χ2n) is 5.56. The minimum Gasteiger partial charge on any atom is -0.346 e. The predicted molar refractivity (Wildman–Crippen MR) is 77.9 cm³/mol. The van der Waals surface area contributed by atoms with Crippen molar-refractivity contribution in [1.82, 2.24) is 19.9 Å². The second kappa shape index (κ2) is 5.75. The van der Waals surface area contributed by atoms with Gasteiger partial charge in [0.25, 0.3) is 0 Å². The molecule has 1 saturated heterocycles. The van der Waals surface area contributed by atoms with E-state index in [0.717, 1.165) is 12.5 Å². The molecule has 1 atom stereocenters. The van der Waals surface area contributed by atoms with Crippen LogP contribution < -0.4 is 4.90 Å². The Morgan fingerprint density at radius 3 is 2.65 bits per heavy atom. The summed E-state index contributed by atoms with van der Waals surface area (Å²) in [4.78, 5) is 18.4. The summed E-state index contributed by atoms with van der Waals surface area (Å²) in [6, 6.07) is 2.42. The van der Waals surface area contributed by atoms with E-state index in [0.29, 0.717) is 30.3 Å². The van der Waals surface area contributed by atoms with Crippen LogP contribution in [0.15, 0.2) is 18.3 Å². The highest BCUT2D eigenvalue weighted by Gasteiger charge is 2.36. The van der Waals surface area contributed by atoms with Crippen molar-refractivity contribution in [2.24, 2.45) is 0 Å². The van der Waals surface area contributed by atoms with E-state index < -0.39 is 11.9 Å².